The van der Waals surface area contributed by atoms with Crippen LogP contribution in [0.15, 0.2) is 0 Å². The van der Waals surface area contributed by atoms with Gasteiger partial charge < -0.3 is 23.7 Å². The van der Waals surface area contributed by atoms with Gasteiger partial charge in [-0.25, -0.2) is 4.79 Å². The number of rotatable bonds is 11. The van der Waals surface area contributed by atoms with E-state index in [4.69, 9.17) is 23.7 Å². The van der Waals surface area contributed by atoms with E-state index in [-0.39, 0.29) is 25.4 Å². The largest absolute Gasteiger partial charge is 0.508 e. The highest BCUT2D eigenvalue weighted by Gasteiger charge is 2.11. The Bertz CT molecular complexity index is 217. The minimum atomic E-state index is -0.700. The second-order valence-electron chi connectivity index (χ2n) is 4.02. The fraction of sp³-hybridized carbons (Fsp3) is 0.923. The summed E-state index contributed by atoms with van der Waals surface area (Å²) in [5.41, 5.74) is 0. The Balaban J connectivity index is 3.55. The van der Waals surface area contributed by atoms with Crippen LogP contribution in [0.4, 0.5) is 4.79 Å². The molecule has 0 heterocycles. The van der Waals surface area contributed by atoms with Gasteiger partial charge in [0.05, 0.1) is 25.4 Å². The number of methoxy groups -OCH3 is 1. The quantitative estimate of drug-likeness (QED) is 0.425. The normalized spacial score (nSPS) is 13.9. The van der Waals surface area contributed by atoms with Gasteiger partial charge in [0.2, 0.25) is 0 Å². The maximum Gasteiger partial charge on any atom is 0.508 e. The molecule has 6 heteroatoms. The molecule has 0 saturated heterocycles. The maximum atomic E-state index is 11.2. The first-order valence-corrected chi connectivity index (χ1v) is 6.65. The molecule has 0 spiro atoms. The van der Waals surface area contributed by atoms with E-state index < -0.39 is 6.16 Å². The van der Waals surface area contributed by atoms with E-state index in [1.54, 1.807) is 7.11 Å². The van der Waals surface area contributed by atoms with Crippen molar-refractivity contribution in [3.05, 3.63) is 0 Å². The van der Waals surface area contributed by atoms with Crippen LogP contribution < -0.4 is 0 Å². The number of hydrogen-bond donors (Lipinski definition) is 0. The maximum absolute atomic E-state index is 11.2. The van der Waals surface area contributed by atoms with Crippen LogP contribution in [-0.4, -0.2) is 58.5 Å². The van der Waals surface area contributed by atoms with Crippen molar-refractivity contribution in [2.45, 2.75) is 39.4 Å². The van der Waals surface area contributed by atoms with Crippen molar-refractivity contribution in [1.82, 2.24) is 0 Å². The van der Waals surface area contributed by atoms with Gasteiger partial charge in [0.15, 0.2) is 0 Å². The predicted octanol–water partition coefficient (Wildman–Crippen LogP) is 2.01. The molecule has 114 valence electrons. The molecule has 0 aliphatic carbocycles. The Morgan fingerprint density at radius 2 is 1.84 bits per heavy atom. The first-order chi connectivity index (χ1) is 9.13. The summed E-state index contributed by atoms with van der Waals surface area (Å²) in [6.45, 7) is 7.55. The van der Waals surface area contributed by atoms with Crippen LogP contribution in [0.25, 0.3) is 0 Å². The summed E-state index contributed by atoms with van der Waals surface area (Å²) in [5, 5.41) is 0. The smallest absolute Gasteiger partial charge is 0.432 e. The van der Waals surface area contributed by atoms with Crippen molar-refractivity contribution in [1.29, 1.82) is 0 Å². The summed E-state index contributed by atoms with van der Waals surface area (Å²) < 4.78 is 25.4. The van der Waals surface area contributed by atoms with Crippen LogP contribution in [0.5, 0.6) is 0 Å². The van der Waals surface area contributed by atoms with Crippen molar-refractivity contribution in [2.24, 2.45) is 0 Å². The van der Waals surface area contributed by atoms with Crippen LogP contribution in [0.2, 0.25) is 0 Å². The van der Waals surface area contributed by atoms with Crippen LogP contribution in [0.3, 0.4) is 0 Å². The monoisotopic (exact) mass is 278 g/mol. The van der Waals surface area contributed by atoms with Crippen LogP contribution in [0.1, 0.15) is 27.2 Å². The second kappa shape index (κ2) is 12.2. The zero-order valence-electron chi connectivity index (χ0n) is 12.3. The first-order valence-electron chi connectivity index (χ1n) is 6.65. The standard InChI is InChI=1S/C13H26O6/c1-5-12(15-4)10-18-11(3)9-19-13(14)17-8-7-16-6-2/h11-12H,5-10H2,1-4H3. The molecule has 6 nitrogen and oxygen atoms in total. The van der Waals surface area contributed by atoms with E-state index >= 15 is 0 Å². The topological polar surface area (TPSA) is 63.2 Å². The molecule has 0 N–H and O–H groups in total. The molecular formula is C13H26O6. The number of carbonyl (C=O) groups excluding carboxylic acids is 1. The molecule has 0 aromatic carbocycles. The Morgan fingerprint density at radius 1 is 1.11 bits per heavy atom. The lowest BCUT2D eigenvalue weighted by Crippen LogP contribution is -2.25. The van der Waals surface area contributed by atoms with Gasteiger partial charge in [-0.1, -0.05) is 6.92 Å². The summed E-state index contributed by atoms with van der Waals surface area (Å²) in [6, 6.07) is 0. The molecular weight excluding hydrogens is 252 g/mol. The molecule has 0 amide bonds. The van der Waals surface area contributed by atoms with E-state index in [1.807, 2.05) is 20.8 Å². The van der Waals surface area contributed by atoms with Gasteiger partial charge >= 0.3 is 6.16 Å². The fourth-order valence-electron chi connectivity index (χ4n) is 1.23. The van der Waals surface area contributed by atoms with Crippen molar-refractivity contribution in [3.63, 3.8) is 0 Å². The predicted molar refractivity (Wildman–Crippen MR) is 70.3 cm³/mol. The number of carbonyl (C=O) groups is 1. The van der Waals surface area contributed by atoms with Gasteiger partial charge in [0.25, 0.3) is 0 Å². The Kier molecular flexibility index (Phi) is 11.7. The third-order valence-corrected chi connectivity index (χ3v) is 2.44. The molecule has 0 aliphatic rings. The van der Waals surface area contributed by atoms with Crippen molar-refractivity contribution in [3.8, 4) is 0 Å². The minimum absolute atomic E-state index is 0.0700. The van der Waals surface area contributed by atoms with E-state index in [0.29, 0.717) is 19.8 Å². The lowest BCUT2D eigenvalue weighted by Gasteiger charge is -2.17. The van der Waals surface area contributed by atoms with Gasteiger partial charge in [-0.2, -0.15) is 0 Å². The Morgan fingerprint density at radius 3 is 2.42 bits per heavy atom. The molecule has 0 fully saturated rings. The van der Waals surface area contributed by atoms with Gasteiger partial charge in [0.1, 0.15) is 13.2 Å². The lowest BCUT2D eigenvalue weighted by atomic mass is 10.3. The molecule has 0 aromatic heterocycles. The van der Waals surface area contributed by atoms with Crippen LogP contribution in [-0.2, 0) is 23.7 Å². The molecule has 19 heavy (non-hydrogen) atoms. The summed E-state index contributed by atoms with van der Waals surface area (Å²) in [7, 11) is 1.65. The fourth-order valence-corrected chi connectivity index (χ4v) is 1.23. The molecule has 0 aromatic rings. The summed E-state index contributed by atoms with van der Waals surface area (Å²) in [6.07, 6.45) is 0.0574. The van der Waals surface area contributed by atoms with E-state index in [1.165, 1.54) is 0 Å². The molecule has 0 aliphatic heterocycles. The molecule has 0 bridgehead atoms. The third-order valence-electron chi connectivity index (χ3n) is 2.44. The highest BCUT2D eigenvalue weighted by Crippen LogP contribution is 2.01. The van der Waals surface area contributed by atoms with Gasteiger partial charge in [-0.15, -0.1) is 0 Å². The van der Waals surface area contributed by atoms with Gasteiger partial charge in [-0.3, -0.25) is 0 Å². The van der Waals surface area contributed by atoms with Gasteiger partial charge in [0, 0.05) is 13.7 Å². The average Bonchev–Trinajstić information content (AvgIpc) is 2.42. The van der Waals surface area contributed by atoms with Crippen molar-refractivity contribution >= 4 is 6.16 Å². The van der Waals surface area contributed by atoms with E-state index in [9.17, 15) is 4.79 Å². The second-order valence-corrected chi connectivity index (χ2v) is 4.02. The van der Waals surface area contributed by atoms with Gasteiger partial charge in [-0.05, 0) is 20.3 Å². The first kappa shape index (κ1) is 18.1. The number of ether oxygens (including phenoxy) is 5. The number of hydrogen-bond acceptors (Lipinski definition) is 6. The average molecular weight is 278 g/mol. The highest BCUT2D eigenvalue weighted by molar-refractivity contribution is 5.59. The SMILES string of the molecule is CCOCCOC(=O)OCC(C)OCC(CC)OC. The van der Waals surface area contributed by atoms with E-state index in [2.05, 4.69) is 0 Å². The molecule has 0 saturated carbocycles. The van der Waals surface area contributed by atoms with Crippen molar-refractivity contribution in [2.75, 3.05) is 40.1 Å². The minimum Gasteiger partial charge on any atom is -0.432 e. The summed E-state index contributed by atoms with van der Waals surface area (Å²) >= 11 is 0. The Labute approximate surface area is 115 Å². The van der Waals surface area contributed by atoms with Crippen LogP contribution >= 0.6 is 0 Å². The highest BCUT2D eigenvalue weighted by atomic mass is 16.7. The van der Waals surface area contributed by atoms with Crippen molar-refractivity contribution < 1.29 is 28.5 Å². The van der Waals surface area contributed by atoms with Crippen LogP contribution in [0, 0.1) is 0 Å². The molecule has 2 atom stereocenters. The Hall–Kier alpha value is -0.850. The third kappa shape index (κ3) is 10.7. The lowest BCUT2D eigenvalue weighted by molar-refractivity contribution is -0.0506. The molecule has 0 rings (SSSR count). The zero-order chi connectivity index (χ0) is 14.5. The summed E-state index contributed by atoms with van der Waals surface area (Å²) in [4.78, 5) is 11.2. The molecule has 2 unspecified atom stereocenters. The van der Waals surface area contributed by atoms with E-state index in [0.717, 1.165) is 6.42 Å². The molecule has 0 radical (unpaired) electrons. The zero-order valence-corrected chi connectivity index (χ0v) is 12.3. The summed E-state index contributed by atoms with van der Waals surface area (Å²) in [5.74, 6) is 0.